The minimum Gasteiger partial charge on any atom is -0.446 e. The molecular formula is C25H34N2O9. The Morgan fingerprint density at radius 2 is 1.94 bits per heavy atom. The SMILES string of the molecule is CC(C)[C@@]1(O)[C@@H](OC(=O)c2ccc[nH]2)C(=O)[C@@]2(C)C[C@]3(O)O[C@]4(/C(=N/O)[C@]13C)[C@H](O)[C@@H](C)CC[C@@]42O. The van der Waals surface area contributed by atoms with Gasteiger partial charge in [0.1, 0.15) is 22.6 Å². The number of rotatable bonds is 3. The van der Waals surface area contributed by atoms with E-state index in [4.69, 9.17) is 9.47 Å². The van der Waals surface area contributed by atoms with E-state index in [2.05, 4.69) is 10.1 Å². The number of H-pyrrole nitrogens is 1. The number of Topliss-reactive ketones (excluding diaryl/α,β-unsaturated/α-hetero) is 1. The van der Waals surface area contributed by atoms with Crippen LogP contribution < -0.4 is 0 Å². The highest BCUT2D eigenvalue weighted by molar-refractivity contribution is 6.08. The third-order valence-electron chi connectivity index (χ3n) is 9.98. The van der Waals surface area contributed by atoms with Crippen molar-refractivity contribution in [3.8, 4) is 0 Å². The number of oxime groups is 1. The highest BCUT2D eigenvalue weighted by Gasteiger charge is 2.92. The molecule has 9 atom stereocenters. The molecule has 5 rings (SSSR count). The fourth-order valence-electron chi connectivity index (χ4n) is 7.77. The van der Waals surface area contributed by atoms with Gasteiger partial charge in [-0.25, -0.2) is 4.79 Å². The Bertz CT molecular complexity index is 1150. The van der Waals surface area contributed by atoms with E-state index in [0.29, 0.717) is 6.42 Å². The molecule has 36 heavy (non-hydrogen) atoms. The number of aliphatic hydroxyl groups is 4. The van der Waals surface area contributed by atoms with Crippen LogP contribution in [0.1, 0.15) is 64.4 Å². The van der Waals surface area contributed by atoms with Crippen LogP contribution in [0.25, 0.3) is 0 Å². The number of ketones is 1. The molecule has 4 fully saturated rings. The zero-order valence-electron chi connectivity index (χ0n) is 21.0. The highest BCUT2D eigenvalue weighted by Crippen LogP contribution is 2.74. The average molecular weight is 507 g/mol. The van der Waals surface area contributed by atoms with Crippen molar-refractivity contribution in [1.82, 2.24) is 4.98 Å². The summed E-state index contributed by atoms with van der Waals surface area (Å²) in [5.74, 6) is -5.42. The Kier molecular flexibility index (Phi) is 5.04. The minimum absolute atomic E-state index is 0.0317. The molecule has 0 aromatic carbocycles. The molecule has 3 bridgehead atoms. The summed E-state index contributed by atoms with van der Waals surface area (Å²) < 4.78 is 11.9. The number of fused-ring (bicyclic) bond motifs is 2. The number of esters is 1. The van der Waals surface area contributed by atoms with Gasteiger partial charge in [0.25, 0.3) is 0 Å². The van der Waals surface area contributed by atoms with Crippen LogP contribution in [0.2, 0.25) is 0 Å². The molecule has 0 unspecified atom stereocenters. The molecule has 6 N–H and O–H groups in total. The molecule has 11 heteroatoms. The molecule has 2 aliphatic heterocycles. The Labute approximate surface area is 208 Å². The number of nitrogens with one attached hydrogen (secondary N) is 1. The quantitative estimate of drug-likeness (QED) is 0.196. The molecule has 2 saturated carbocycles. The summed E-state index contributed by atoms with van der Waals surface area (Å²) in [5.41, 5.74) is -11.0. The monoisotopic (exact) mass is 506 g/mol. The third kappa shape index (κ3) is 2.35. The number of hydrogen-bond acceptors (Lipinski definition) is 10. The van der Waals surface area contributed by atoms with E-state index in [1.165, 1.54) is 26.1 Å². The lowest BCUT2D eigenvalue weighted by molar-refractivity contribution is -0.383. The molecule has 198 valence electrons. The van der Waals surface area contributed by atoms with E-state index in [1.54, 1.807) is 26.8 Å². The number of aliphatic hydroxyl groups excluding tert-OH is 1. The molecule has 0 amide bonds. The summed E-state index contributed by atoms with van der Waals surface area (Å²) in [6.07, 6.45) is -2.07. The zero-order valence-corrected chi connectivity index (χ0v) is 21.0. The van der Waals surface area contributed by atoms with E-state index in [1.807, 2.05) is 0 Å². The largest absolute Gasteiger partial charge is 0.446 e. The van der Waals surface area contributed by atoms with Crippen molar-refractivity contribution in [3.05, 3.63) is 24.0 Å². The first-order valence-corrected chi connectivity index (χ1v) is 12.3. The van der Waals surface area contributed by atoms with Gasteiger partial charge in [0.2, 0.25) is 0 Å². The molecule has 2 aliphatic carbocycles. The summed E-state index contributed by atoms with van der Waals surface area (Å²) in [7, 11) is 0. The topological polar surface area (TPSA) is 182 Å². The van der Waals surface area contributed by atoms with Crippen molar-refractivity contribution >= 4 is 17.5 Å². The number of ether oxygens (including phenoxy) is 2. The van der Waals surface area contributed by atoms with Crippen molar-refractivity contribution in [1.29, 1.82) is 0 Å². The zero-order chi connectivity index (χ0) is 26.7. The van der Waals surface area contributed by atoms with Crippen LogP contribution in [-0.4, -0.2) is 82.9 Å². The van der Waals surface area contributed by atoms with Gasteiger partial charge in [-0.15, -0.1) is 0 Å². The lowest BCUT2D eigenvalue weighted by Gasteiger charge is -2.62. The first-order chi connectivity index (χ1) is 16.6. The molecule has 1 aromatic rings. The Balaban J connectivity index is 1.84. The second-order valence-electron chi connectivity index (χ2n) is 11.7. The summed E-state index contributed by atoms with van der Waals surface area (Å²) in [5, 5.41) is 62.3. The summed E-state index contributed by atoms with van der Waals surface area (Å²) in [6.45, 7) is 7.66. The predicted octanol–water partition coefficient (Wildman–Crippen LogP) is 0.736. The molecule has 1 aromatic heterocycles. The third-order valence-corrected chi connectivity index (χ3v) is 9.98. The van der Waals surface area contributed by atoms with Crippen molar-refractivity contribution in [2.24, 2.45) is 27.8 Å². The van der Waals surface area contributed by atoms with Gasteiger partial charge < -0.3 is 40.1 Å². The molecule has 11 nitrogen and oxygen atoms in total. The maximum Gasteiger partial charge on any atom is 0.355 e. The molecule has 1 spiro atoms. The van der Waals surface area contributed by atoms with Crippen LogP contribution in [0, 0.1) is 22.7 Å². The standard InChI is InChI=1S/C25H34N2O9/c1-12(2)24(33)17(35-18(30)14-7-6-10-26-14)16(29)20(4)11-23(32)21(24,5)19(27-34)25(36-23)15(28)13(3)8-9-22(20,25)31/h6-7,10,12-13,15,17,26,28,31-34H,8-9,11H2,1-5H3/b27-19+/t13-,15+,17-,20+,21-,22-,23-,24+,25-/m0/s1. The Morgan fingerprint density at radius 3 is 2.50 bits per heavy atom. The fourth-order valence-corrected chi connectivity index (χ4v) is 7.77. The van der Waals surface area contributed by atoms with Crippen LogP contribution >= 0.6 is 0 Å². The molecule has 3 heterocycles. The lowest BCUT2D eigenvalue weighted by atomic mass is 9.48. The number of carbonyl (C=O) groups excluding carboxylic acids is 2. The van der Waals surface area contributed by atoms with Gasteiger partial charge in [0.15, 0.2) is 23.3 Å². The van der Waals surface area contributed by atoms with Gasteiger partial charge in [-0.1, -0.05) is 25.9 Å². The van der Waals surface area contributed by atoms with E-state index < -0.39 is 75.6 Å². The van der Waals surface area contributed by atoms with Gasteiger partial charge in [0.05, 0.1) is 16.9 Å². The first kappa shape index (κ1) is 25.3. The maximum atomic E-state index is 14.4. The van der Waals surface area contributed by atoms with Crippen LogP contribution in [-0.2, 0) is 14.3 Å². The van der Waals surface area contributed by atoms with Crippen molar-refractivity contribution < 1.29 is 44.7 Å². The predicted molar refractivity (Wildman–Crippen MR) is 123 cm³/mol. The van der Waals surface area contributed by atoms with Crippen LogP contribution in [0.15, 0.2) is 23.5 Å². The minimum atomic E-state index is -2.37. The van der Waals surface area contributed by atoms with Gasteiger partial charge >= 0.3 is 5.97 Å². The fraction of sp³-hybridized carbons (Fsp3) is 0.720. The molecule has 2 saturated heterocycles. The lowest BCUT2D eigenvalue weighted by Crippen LogP contribution is -2.80. The van der Waals surface area contributed by atoms with Gasteiger partial charge in [-0.3, -0.25) is 4.79 Å². The normalized spacial score (nSPS) is 50.9. The number of hydrogen-bond donors (Lipinski definition) is 6. The van der Waals surface area contributed by atoms with E-state index in [9.17, 15) is 35.2 Å². The van der Waals surface area contributed by atoms with Crippen LogP contribution in [0.5, 0.6) is 0 Å². The molecule has 0 radical (unpaired) electrons. The smallest absolute Gasteiger partial charge is 0.355 e. The van der Waals surface area contributed by atoms with Crippen LogP contribution in [0.4, 0.5) is 0 Å². The molecular weight excluding hydrogens is 472 g/mol. The van der Waals surface area contributed by atoms with E-state index in [-0.39, 0.29) is 17.8 Å². The van der Waals surface area contributed by atoms with Crippen molar-refractivity contribution in [2.45, 2.75) is 88.7 Å². The van der Waals surface area contributed by atoms with E-state index in [0.717, 1.165) is 0 Å². The Morgan fingerprint density at radius 1 is 1.28 bits per heavy atom. The number of aromatic nitrogens is 1. The molecule has 4 aliphatic rings. The average Bonchev–Trinajstić information content (AvgIpc) is 3.40. The number of nitrogens with zero attached hydrogens (tertiary/aromatic N) is 1. The maximum absolute atomic E-state index is 14.4. The van der Waals surface area contributed by atoms with Gasteiger partial charge in [-0.2, -0.15) is 0 Å². The Hall–Kier alpha value is -2.31. The number of aromatic amines is 1. The van der Waals surface area contributed by atoms with Crippen molar-refractivity contribution in [3.63, 3.8) is 0 Å². The van der Waals surface area contributed by atoms with Gasteiger partial charge in [-0.05, 0) is 50.7 Å². The van der Waals surface area contributed by atoms with Gasteiger partial charge in [0, 0.05) is 12.6 Å². The van der Waals surface area contributed by atoms with E-state index >= 15 is 0 Å². The first-order valence-electron chi connectivity index (χ1n) is 12.3. The van der Waals surface area contributed by atoms with Crippen LogP contribution in [0.3, 0.4) is 0 Å². The van der Waals surface area contributed by atoms with Crippen molar-refractivity contribution in [2.75, 3.05) is 0 Å². The highest BCUT2D eigenvalue weighted by atomic mass is 16.7. The summed E-state index contributed by atoms with van der Waals surface area (Å²) in [4.78, 5) is 30.2. The second kappa shape index (κ2) is 7.16. The second-order valence-corrected chi connectivity index (χ2v) is 11.7. The summed E-state index contributed by atoms with van der Waals surface area (Å²) >= 11 is 0. The summed E-state index contributed by atoms with van der Waals surface area (Å²) in [6, 6.07) is 3.01. The number of carbonyl (C=O) groups is 2.